The van der Waals surface area contributed by atoms with Crippen LogP contribution < -0.4 is 10.6 Å². The average molecular weight is 433 g/mol. The Bertz CT molecular complexity index is 1000. The van der Waals surface area contributed by atoms with E-state index in [1.807, 2.05) is 12.1 Å². The van der Waals surface area contributed by atoms with E-state index in [1.165, 1.54) is 17.5 Å². The van der Waals surface area contributed by atoms with Gasteiger partial charge in [0, 0.05) is 31.2 Å². The van der Waals surface area contributed by atoms with Gasteiger partial charge in [-0.25, -0.2) is 9.98 Å². The zero-order valence-corrected chi connectivity index (χ0v) is 18.8. The molecule has 0 spiro atoms. The van der Waals surface area contributed by atoms with Crippen LogP contribution in [0.1, 0.15) is 42.6 Å². The van der Waals surface area contributed by atoms with E-state index >= 15 is 0 Å². The highest BCUT2D eigenvalue weighted by Crippen LogP contribution is 2.33. The highest BCUT2D eigenvalue weighted by atomic mass is 16.5. The molecule has 7 nitrogen and oxygen atoms in total. The third-order valence-electron chi connectivity index (χ3n) is 5.76. The molecule has 0 bridgehead atoms. The standard InChI is InChI=1S/C25H32N6O/c1-3-26-25(27-15-19-6-4-7-21(14-19)24-29-17-30-31-24)28-16-22-8-5-13-32-23(22)20-11-9-18(2)10-12-20/h4,6-7,9-12,14,17,22-23H,3,5,8,13,15-16H2,1-2H3,(H2,26,27,28)(H,29,30,31). The van der Waals surface area contributed by atoms with Crippen molar-refractivity contribution in [3.05, 3.63) is 71.5 Å². The smallest absolute Gasteiger partial charge is 0.191 e. The van der Waals surface area contributed by atoms with Gasteiger partial charge in [-0.1, -0.05) is 48.0 Å². The van der Waals surface area contributed by atoms with Crippen molar-refractivity contribution in [2.45, 2.75) is 39.3 Å². The number of H-pyrrole nitrogens is 1. The van der Waals surface area contributed by atoms with Crippen LogP contribution in [-0.4, -0.2) is 40.8 Å². The fourth-order valence-electron chi connectivity index (χ4n) is 4.08. The molecule has 168 valence electrons. The fourth-order valence-corrected chi connectivity index (χ4v) is 4.08. The van der Waals surface area contributed by atoms with Crippen LogP contribution in [0.5, 0.6) is 0 Å². The lowest BCUT2D eigenvalue weighted by molar-refractivity contribution is -0.0265. The van der Waals surface area contributed by atoms with E-state index in [0.717, 1.165) is 55.4 Å². The zero-order chi connectivity index (χ0) is 22.2. The summed E-state index contributed by atoms with van der Waals surface area (Å²) in [6, 6.07) is 16.9. The molecule has 4 rings (SSSR count). The Hall–Kier alpha value is -3.19. The van der Waals surface area contributed by atoms with Gasteiger partial charge < -0.3 is 15.4 Å². The molecular formula is C25H32N6O. The van der Waals surface area contributed by atoms with E-state index in [9.17, 15) is 0 Å². The van der Waals surface area contributed by atoms with Crippen LogP contribution in [0, 0.1) is 12.8 Å². The minimum atomic E-state index is 0.123. The molecule has 2 heterocycles. The molecule has 0 radical (unpaired) electrons. The molecular weight excluding hydrogens is 400 g/mol. The number of hydrogen-bond acceptors (Lipinski definition) is 4. The summed E-state index contributed by atoms with van der Waals surface area (Å²) in [7, 11) is 0. The molecule has 1 aliphatic rings. The second kappa shape index (κ2) is 10.9. The van der Waals surface area contributed by atoms with Gasteiger partial charge >= 0.3 is 0 Å². The first-order chi connectivity index (χ1) is 15.7. The van der Waals surface area contributed by atoms with E-state index in [1.54, 1.807) is 0 Å². The van der Waals surface area contributed by atoms with Crippen LogP contribution in [0.2, 0.25) is 0 Å². The Morgan fingerprint density at radius 1 is 1.19 bits per heavy atom. The number of hydrogen-bond donors (Lipinski definition) is 3. The molecule has 1 aromatic heterocycles. The quantitative estimate of drug-likeness (QED) is 0.388. The number of aliphatic imine (C=N–C) groups is 1. The Morgan fingerprint density at radius 3 is 2.84 bits per heavy atom. The number of aromatic amines is 1. The lowest BCUT2D eigenvalue weighted by atomic mass is 9.89. The molecule has 1 fully saturated rings. The summed E-state index contributed by atoms with van der Waals surface area (Å²) in [6.45, 7) is 7.24. The number of aryl methyl sites for hydroxylation is 1. The Labute approximate surface area is 189 Å². The maximum Gasteiger partial charge on any atom is 0.191 e. The van der Waals surface area contributed by atoms with Gasteiger partial charge in [-0.05, 0) is 43.9 Å². The number of aromatic nitrogens is 3. The molecule has 0 amide bonds. The van der Waals surface area contributed by atoms with Gasteiger partial charge in [-0.3, -0.25) is 5.10 Å². The van der Waals surface area contributed by atoms with E-state index in [-0.39, 0.29) is 6.10 Å². The van der Waals surface area contributed by atoms with Crippen LogP contribution in [0.15, 0.2) is 59.9 Å². The van der Waals surface area contributed by atoms with Crippen LogP contribution >= 0.6 is 0 Å². The third kappa shape index (κ3) is 5.73. The summed E-state index contributed by atoms with van der Waals surface area (Å²) in [5.41, 5.74) is 4.66. The number of ether oxygens (including phenoxy) is 1. The van der Waals surface area contributed by atoms with Gasteiger partial charge in [0.15, 0.2) is 11.8 Å². The van der Waals surface area contributed by atoms with Crippen molar-refractivity contribution in [2.75, 3.05) is 19.7 Å². The Balaban J connectivity index is 1.41. The molecule has 1 aliphatic heterocycles. The predicted molar refractivity (Wildman–Crippen MR) is 127 cm³/mol. The number of rotatable bonds is 7. The minimum Gasteiger partial charge on any atom is -0.373 e. The normalized spacial score (nSPS) is 19.0. The number of nitrogens with zero attached hydrogens (tertiary/aromatic N) is 3. The van der Waals surface area contributed by atoms with E-state index in [0.29, 0.717) is 12.5 Å². The maximum absolute atomic E-state index is 6.17. The van der Waals surface area contributed by atoms with E-state index < -0.39 is 0 Å². The van der Waals surface area contributed by atoms with Crippen LogP contribution in [-0.2, 0) is 11.3 Å². The van der Waals surface area contributed by atoms with E-state index in [2.05, 4.69) is 76.1 Å². The summed E-state index contributed by atoms with van der Waals surface area (Å²) in [6.07, 6.45) is 3.88. The van der Waals surface area contributed by atoms with Crippen molar-refractivity contribution >= 4 is 5.96 Å². The van der Waals surface area contributed by atoms with Crippen molar-refractivity contribution < 1.29 is 4.74 Å². The van der Waals surface area contributed by atoms with Crippen molar-refractivity contribution in [1.82, 2.24) is 25.8 Å². The first-order valence-corrected chi connectivity index (χ1v) is 11.4. The molecule has 0 aliphatic carbocycles. The SMILES string of the molecule is CCNC(=NCc1cccc(-c2ncn[nH]2)c1)NCC1CCCOC1c1ccc(C)cc1. The van der Waals surface area contributed by atoms with Crippen molar-refractivity contribution in [3.8, 4) is 11.4 Å². The monoisotopic (exact) mass is 432 g/mol. The Morgan fingerprint density at radius 2 is 2.06 bits per heavy atom. The van der Waals surface area contributed by atoms with Crippen molar-refractivity contribution in [3.63, 3.8) is 0 Å². The molecule has 3 aromatic rings. The van der Waals surface area contributed by atoms with Crippen molar-refractivity contribution in [1.29, 1.82) is 0 Å². The first kappa shape index (κ1) is 22.0. The van der Waals surface area contributed by atoms with Crippen LogP contribution in [0.25, 0.3) is 11.4 Å². The minimum absolute atomic E-state index is 0.123. The molecule has 0 saturated carbocycles. The van der Waals surface area contributed by atoms with Gasteiger partial charge in [0.05, 0.1) is 12.6 Å². The van der Waals surface area contributed by atoms with Crippen LogP contribution in [0.4, 0.5) is 0 Å². The third-order valence-corrected chi connectivity index (χ3v) is 5.76. The molecule has 7 heteroatoms. The number of benzene rings is 2. The molecule has 32 heavy (non-hydrogen) atoms. The summed E-state index contributed by atoms with van der Waals surface area (Å²) in [5.74, 6) is 2.00. The largest absolute Gasteiger partial charge is 0.373 e. The van der Waals surface area contributed by atoms with Crippen LogP contribution in [0.3, 0.4) is 0 Å². The molecule has 2 unspecified atom stereocenters. The van der Waals surface area contributed by atoms with Gasteiger partial charge in [0.25, 0.3) is 0 Å². The second-order valence-corrected chi connectivity index (χ2v) is 8.21. The summed E-state index contributed by atoms with van der Waals surface area (Å²) < 4.78 is 6.17. The second-order valence-electron chi connectivity index (χ2n) is 8.21. The summed E-state index contributed by atoms with van der Waals surface area (Å²) in [4.78, 5) is 9.04. The van der Waals surface area contributed by atoms with Gasteiger partial charge in [0.1, 0.15) is 6.33 Å². The molecule has 1 saturated heterocycles. The van der Waals surface area contributed by atoms with E-state index in [4.69, 9.17) is 9.73 Å². The Kier molecular flexibility index (Phi) is 7.51. The maximum atomic E-state index is 6.17. The zero-order valence-electron chi connectivity index (χ0n) is 18.8. The average Bonchev–Trinajstić information content (AvgIpc) is 3.37. The summed E-state index contributed by atoms with van der Waals surface area (Å²) >= 11 is 0. The fraction of sp³-hybridized carbons (Fsp3) is 0.400. The van der Waals surface area contributed by atoms with Crippen molar-refractivity contribution in [2.24, 2.45) is 10.9 Å². The number of nitrogens with one attached hydrogen (secondary N) is 3. The number of guanidine groups is 1. The topological polar surface area (TPSA) is 87.2 Å². The van der Waals surface area contributed by atoms with Gasteiger partial charge in [-0.2, -0.15) is 5.10 Å². The molecule has 2 aromatic carbocycles. The lowest BCUT2D eigenvalue weighted by Gasteiger charge is -2.32. The highest BCUT2D eigenvalue weighted by molar-refractivity contribution is 5.79. The van der Waals surface area contributed by atoms with Gasteiger partial charge in [0.2, 0.25) is 0 Å². The first-order valence-electron chi connectivity index (χ1n) is 11.4. The predicted octanol–water partition coefficient (Wildman–Crippen LogP) is 4.00. The highest BCUT2D eigenvalue weighted by Gasteiger charge is 2.27. The van der Waals surface area contributed by atoms with Gasteiger partial charge in [-0.15, -0.1) is 0 Å². The molecule has 2 atom stereocenters. The lowest BCUT2D eigenvalue weighted by Crippen LogP contribution is -2.42. The molecule has 3 N–H and O–H groups in total. The summed E-state index contributed by atoms with van der Waals surface area (Å²) in [5, 5.41) is 13.8.